The Bertz CT molecular complexity index is 856. The molecule has 0 bridgehead atoms. The second kappa shape index (κ2) is 7.86. The van der Waals surface area contributed by atoms with Gasteiger partial charge in [0, 0.05) is 37.8 Å². The molecule has 1 fully saturated rings. The number of hydrogen-bond acceptors (Lipinski definition) is 6. The van der Waals surface area contributed by atoms with E-state index in [0.29, 0.717) is 24.5 Å². The van der Waals surface area contributed by atoms with Crippen LogP contribution in [0.5, 0.6) is 0 Å². The summed E-state index contributed by atoms with van der Waals surface area (Å²) in [5, 5.41) is 17.6. The molecule has 0 atom stereocenters. The Hall–Kier alpha value is -2.42. The molecule has 0 radical (unpaired) electrons. The van der Waals surface area contributed by atoms with Gasteiger partial charge in [-0.25, -0.2) is 4.98 Å². The maximum atomic E-state index is 12.4. The third-order valence-electron chi connectivity index (χ3n) is 3.95. The SMILES string of the molecule is O=C(Nc1cnc(Cl)c(Cl)c1)c1ccc(N2CCNCC2)c([N+](=O)[O-])c1. The summed E-state index contributed by atoms with van der Waals surface area (Å²) >= 11 is 11.6. The molecule has 8 nitrogen and oxygen atoms in total. The topological polar surface area (TPSA) is 100 Å². The van der Waals surface area contributed by atoms with E-state index in [9.17, 15) is 14.9 Å². The molecule has 0 spiro atoms. The molecular formula is C16H15Cl2N5O3. The Morgan fingerprint density at radius 2 is 2.00 bits per heavy atom. The number of nitrogens with one attached hydrogen (secondary N) is 2. The number of piperazine rings is 1. The Morgan fingerprint density at radius 1 is 1.27 bits per heavy atom. The van der Waals surface area contributed by atoms with Gasteiger partial charge in [0.15, 0.2) is 0 Å². The smallest absolute Gasteiger partial charge is 0.293 e. The van der Waals surface area contributed by atoms with Crippen LogP contribution in [0.25, 0.3) is 0 Å². The van der Waals surface area contributed by atoms with Crippen molar-refractivity contribution in [3.63, 3.8) is 0 Å². The van der Waals surface area contributed by atoms with Gasteiger partial charge in [0.1, 0.15) is 10.8 Å². The van der Waals surface area contributed by atoms with Crippen molar-refractivity contribution in [3.8, 4) is 0 Å². The summed E-state index contributed by atoms with van der Waals surface area (Å²) in [6.07, 6.45) is 1.36. The zero-order valence-electron chi connectivity index (χ0n) is 13.5. The summed E-state index contributed by atoms with van der Waals surface area (Å²) in [6.45, 7) is 2.84. The van der Waals surface area contributed by atoms with Gasteiger partial charge in [-0.15, -0.1) is 0 Å². The van der Waals surface area contributed by atoms with E-state index < -0.39 is 10.8 Å². The molecule has 0 unspecified atom stereocenters. The van der Waals surface area contributed by atoms with Crippen LogP contribution in [0.4, 0.5) is 17.1 Å². The van der Waals surface area contributed by atoms with Gasteiger partial charge >= 0.3 is 0 Å². The van der Waals surface area contributed by atoms with Gasteiger partial charge in [-0.05, 0) is 18.2 Å². The van der Waals surface area contributed by atoms with Crippen molar-refractivity contribution in [1.29, 1.82) is 0 Å². The Kier molecular flexibility index (Phi) is 5.55. The van der Waals surface area contributed by atoms with E-state index in [0.717, 1.165) is 13.1 Å². The molecule has 2 heterocycles. The van der Waals surface area contributed by atoms with Crippen molar-refractivity contribution in [2.45, 2.75) is 0 Å². The molecule has 1 aromatic heterocycles. The van der Waals surface area contributed by atoms with Crippen molar-refractivity contribution >= 4 is 46.2 Å². The summed E-state index contributed by atoms with van der Waals surface area (Å²) in [5.74, 6) is -0.500. The fourth-order valence-electron chi connectivity index (χ4n) is 2.68. The second-order valence-electron chi connectivity index (χ2n) is 5.65. The number of carbonyl (C=O) groups excluding carboxylic acids is 1. The first-order chi connectivity index (χ1) is 12.5. The summed E-state index contributed by atoms with van der Waals surface area (Å²) in [7, 11) is 0. The van der Waals surface area contributed by atoms with E-state index in [4.69, 9.17) is 23.2 Å². The average molecular weight is 396 g/mol. The molecule has 1 aromatic carbocycles. The molecule has 1 amide bonds. The lowest BCUT2D eigenvalue weighted by atomic mass is 10.1. The number of carbonyl (C=O) groups is 1. The lowest BCUT2D eigenvalue weighted by Gasteiger charge is -2.29. The van der Waals surface area contributed by atoms with Crippen LogP contribution in [0, 0.1) is 10.1 Å². The van der Waals surface area contributed by atoms with E-state index in [-0.39, 0.29) is 21.4 Å². The number of hydrogen-bond donors (Lipinski definition) is 2. The summed E-state index contributed by atoms with van der Waals surface area (Å²) in [4.78, 5) is 29.2. The molecular weight excluding hydrogens is 381 g/mol. The minimum absolute atomic E-state index is 0.105. The van der Waals surface area contributed by atoms with Crippen molar-refractivity contribution in [1.82, 2.24) is 10.3 Å². The van der Waals surface area contributed by atoms with Crippen molar-refractivity contribution in [3.05, 3.63) is 56.3 Å². The molecule has 10 heteroatoms. The van der Waals surface area contributed by atoms with E-state index in [2.05, 4.69) is 15.6 Å². The fourth-order valence-corrected chi connectivity index (χ4v) is 2.95. The van der Waals surface area contributed by atoms with Crippen LogP contribution in [0.15, 0.2) is 30.5 Å². The van der Waals surface area contributed by atoms with E-state index in [1.807, 2.05) is 4.90 Å². The van der Waals surface area contributed by atoms with Gasteiger partial charge in [0.05, 0.1) is 21.8 Å². The first-order valence-corrected chi connectivity index (χ1v) is 8.58. The van der Waals surface area contributed by atoms with Crippen LogP contribution in [-0.2, 0) is 0 Å². The minimum Gasteiger partial charge on any atom is -0.363 e. The van der Waals surface area contributed by atoms with Gasteiger partial charge in [-0.3, -0.25) is 14.9 Å². The van der Waals surface area contributed by atoms with Crippen LogP contribution in [0.2, 0.25) is 10.2 Å². The number of nitro benzene ring substituents is 1. The molecule has 1 aliphatic rings. The number of nitro groups is 1. The quantitative estimate of drug-likeness (QED) is 0.468. The van der Waals surface area contributed by atoms with Crippen molar-refractivity contribution in [2.75, 3.05) is 36.4 Å². The number of benzene rings is 1. The molecule has 26 heavy (non-hydrogen) atoms. The molecule has 0 aliphatic carbocycles. The monoisotopic (exact) mass is 395 g/mol. The van der Waals surface area contributed by atoms with E-state index in [1.165, 1.54) is 18.3 Å². The number of pyridine rings is 1. The molecule has 136 valence electrons. The van der Waals surface area contributed by atoms with E-state index >= 15 is 0 Å². The molecule has 2 N–H and O–H groups in total. The molecule has 2 aromatic rings. The Balaban J connectivity index is 1.85. The lowest BCUT2D eigenvalue weighted by molar-refractivity contribution is -0.384. The maximum absolute atomic E-state index is 12.4. The Morgan fingerprint density at radius 3 is 2.65 bits per heavy atom. The third kappa shape index (κ3) is 4.04. The van der Waals surface area contributed by atoms with Gasteiger partial charge in [0.2, 0.25) is 0 Å². The molecule has 1 saturated heterocycles. The van der Waals surface area contributed by atoms with Crippen molar-refractivity contribution in [2.24, 2.45) is 0 Å². The highest BCUT2D eigenvalue weighted by atomic mass is 35.5. The predicted molar refractivity (Wildman–Crippen MR) is 100 cm³/mol. The first-order valence-electron chi connectivity index (χ1n) is 7.82. The van der Waals surface area contributed by atoms with Crippen LogP contribution in [-0.4, -0.2) is 42.0 Å². The molecule has 0 saturated carbocycles. The highest BCUT2D eigenvalue weighted by Crippen LogP contribution is 2.30. The average Bonchev–Trinajstić information content (AvgIpc) is 2.65. The molecule has 3 rings (SSSR count). The van der Waals surface area contributed by atoms with Gasteiger partial charge in [-0.2, -0.15) is 0 Å². The lowest BCUT2D eigenvalue weighted by Crippen LogP contribution is -2.43. The number of nitrogens with zero attached hydrogens (tertiary/aromatic N) is 3. The number of rotatable bonds is 4. The first kappa shape index (κ1) is 18.4. The summed E-state index contributed by atoms with van der Waals surface area (Å²) in [6, 6.07) is 5.89. The van der Waals surface area contributed by atoms with Crippen LogP contribution in [0.3, 0.4) is 0 Å². The maximum Gasteiger partial charge on any atom is 0.293 e. The highest BCUT2D eigenvalue weighted by molar-refractivity contribution is 6.41. The zero-order valence-corrected chi connectivity index (χ0v) is 15.0. The van der Waals surface area contributed by atoms with Gasteiger partial charge in [-0.1, -0.05) is 23.2 Å². The number of amides is 1. The zero-order chi connectivity index (χ0) is 18.7. The van der Waals surface area contributed by atoms with Crippen molar-refractivity contribution < 1.29 is 9.72 Å². The minimum atomic E-state index is -0.500. The standard InChI is InChI=1S/C16H15Cl2N5O3/c17-12-8-11(9-20-15(12)18)21-16(24)10-1-2-13(14(7-10)23(25)26)22-5-3-19-4-6-22/h1-2,7-9,19H,3-6H2,(H,21,24). The highest BCUT2D eigenvalue weighted by Gasteiger charge is 2.23. The third-order valence-corrected chi connectivity index (χ3v) is 4.63. The second-order valence-corrected chi connectivity index (χ2v) is 6.41. The van der Waals surface area contributed by atoms with Crippen LogP contribution < -0.4 is 15.5 Å². The number of anilines is 2. The van der Waals surface area contributed by atoms with Crippen LogP contribution >= 0.6 is 23.2 Å². The largest absolute Gasteiger partial charge is 0.363 e. The number of aromatic nitrogens is 1. The summed E-state index contributed by atoms with van der Waals surface area (Å²) < 4.78 is 0. The van der Waals surface area contributed by atoms with Gasteiger partial charge < -0.3 is 15.5 Å². The van der Waals surface area contributed by atoms with Crippen LogP contribution in [0.1, 0.15) is 10.4 Å². The fraction of sp³-hybridized carbons (Fsp3) is 0.250. The summed E-state index contributed by atoms with van der Waals surface area (Å²) in [5.41, 5.74) is 0.913. The van der Waals surface area contributed by atoms with E-state index in [1.54, 1.807) is 12.1 Å². The Labute approximate surface area is 159 Å². The normalized spacial score (nSPS) is 14.2. The van der Waals surface area contributed by atoms with Gasteiger partial charge in [0.25, 0.3) is 11.6 Å². The molecule has 1 aliphatic heterocycles. The number of halogens is 2. The predicted octanol–water partition coefficient (Wildman–Crippen LogP) is 2.96.